The smallest absolute Gasteiger partial charge is 0.350 e. The van der Waals surface area contributed by atoms with Gasteiger partial charge in [-0.15, -0.1) is 0 Å². The van der Waals surface area contributed by atoms with Crippen LogP contribution in [0.15, 0.2) is 47.4 Å². The van der Waals surface area contributed by atoms with E-state index in [1.165, 1.54) is 29.0 Å². The number of nitrogens with zero attached hydrogens (tertiary/aromatic N) is 1. The van der Waals surface area contributed by atoms with Crippen LogP contribution < -0.4 is 10.7 Å². The summed E-state index contributed by atoms with van der Waals surface area (Å²) in [6, 6.07) is 6.41. The van der Waals surface area contributed by atoms with Gasteiger partial charge in [-0.3, -0.25) is 9.59 Å². The van der Waals surface area contributed by atoms with Crippen molar-refractivity contribution in [1.82, 2.24) is 4.57 Å². The molecule has 0 fully saturated rings. The predicted molar refractivity (Wildman–Crippen MR) is 93.6 cm³/mol. The van der Waals surface area contributed by atoms with E-state index in [0.29, 0.717) is 11.6 Å². The number of amides is 1. The van der Waals surface area contributed by atoms with Gasteiger partial charge in [-0.1, -0.05) is 11.6 Å². The van der Waals surface area contributed by atoms with E-state index in [1.807, 2.05) is 0 Å². The summed E-state index contributed by atoms with van der Waals surface area (Å²) in [7, 11) is 1.56. The lowest BCUT2D eigenvalue weighted by Crippen LogP contribution is -2.23. The van der Waals surface area contributed by atoms with Crippen LogP contribution in [-0.2, 0) is 13.2 Å². The maximum atomic E-state index is 13.5. The van der Waals surface area contributed by atoms with Crippen LogP contribution in [0.4, 0.5) is 23.2 Å². The highest BCUT2D eigenvalue weighted by Gasteiger charge is 2.33. The lowest BCUT2D eigenvalue weighted by Gasteiger charge is -2.12. The molecule has 9 heteroatoms. The highest BCUT2D eigenvalue weighted by molar-refractivity contribution is 6.31. The van der Waals surface area contributed by atoms with Gasteiger partial charge in [-0.2, -0.15) is 13.2 Å². The van der Waals surface area contributed by atoms with Gasteiger partial charge in [0.15, 0.2) is 0 Å². The molecule has 0 bridgehead atoms. The predicted octanol–water partition coefficient (Wildman–Crippen LogP) is 4.60. The molecule has 0 saturated carbocycles. The van der Waals surface area contributed by atoms with Crippen molar-refractivity contribution in [3.63, 3.8) is 0 Å². The summed E-state index contributed by atoms with van der Waals surface area (Å²) in [4.78, 5) is 24.9. The van der Waals surface area contributed by atoms with Crippen molar-refractivity contribution in [3.8, 4) is 0 Å². The minimum Gasteiger partial charge on any atom is -0.350 e. The lowest BCUT2D eigenvalue weighted by atomic mass is 10.1. The first-order chi connectivity index (χ1) is 12.6. The molecule has 1 amide bonds. The van der Waals surface area contributed by atoms with Gasteiger partial charge in [0.25, 0.3) is 5.91 Å². The first kappa shape index (κ1) is 18.9. The van der Waals surface area contributed by atoms with Crippen molar-refractivity contribution in [3.05, 3.63) is 74.8 Å². The number of aromatic nitrogens is 1. The summed E-state index contributed by atoms with van der Waals surface area (Å²) in [5.41, 5.74) is -1.96. The summed E-state index contributed by atoms with van der Waals surface area (Å²) < 4.78 is 53.7. The molecule has 3 aromatic rings. The van der Waals surface area contributed by atoms with Gasteiger partial charge in [-0.05, 0) is 36.4 Å². The summed E-state index contributed by atoms with van der Waals surface area (Å²) in [6.45, 7) is 0. The number of hydrogen-bond acceptors (Lipinski definition) is 2. The van der Waals surface area contributed by atoms with Gasteiger partial charge in [0, 0.05) is 24.3 Å². The Morgan fingerprint density at radius 1 is 1.15 bits per heavy atom. The van der Waals surface area contributed by atoms with Crippen molar-refractivity contribution in [2.45, 2.75) is 6.18 Å². The molecule has 0 spiro atoms. The molecule has 0 aliphatic carbocycles. The molecule has 0 unspecified atom stereocenters. The Morgan fingerprint density at radius 2 is 1.85 bits per heavy atom. The average Bonchev–Trinajstić information content (AvgIpc) is 2.58. The van der Waals surface area contributed by atoms with E-state index in [4.69, 9.17) is 11.6 Å². The number of benzene rings is 2. The van der Waals surface area contributed by atoms with Gasteiger partial charge < -0.3 is 9.88 Å². The second-order valence-corrected chi connectivity index (χ2v) is 6.20. The van der Waals surface area contributed by atoms with Crippen molar-refractivity contribution in [2.24, 2.45) is 7.05 Å². The van der Waals surface area contributed by atoms with Crippen LogP contribution in [0.5, 0.6) is 0 Å². The molecule has 27 heavy (non-hydrogen) atoms. The molecule has 0 radical (unpaired) electrons. The summed E-state index contributed by atoms with van der Waals surface area (Å²) in [5.74, 6) is -1.57. The van der Waals surface area contributed by atoms with Crippen molar-refractivity contribution in [2.75, 3.05) is 5.32 Å². The van der Waals surface area contributed by atoms with E-state index >= 15 is 0 Å². The number of fused-ring (bicyclic) bond motifs is 1. The highest BCUT2D eigenvalue weighted by Crippen LogP contribution is 2.36. The Labute approximate surface area is 155 Å². The van der Waals surface area contributed by atoms with E-state index in [0.717, 1.165) is 12.1 Å². The van der Waals surface area contributed by atoms with Crippen LogP contribution in [0.3, 0.4) is 0 Å². The largest absolute Gasteiger partial charge is 0.417 e. The number of carbonyl (C=O) groups excluding carboxylic acids is 1. The normalized spacial score (nSPS) is 11.6. The minimum atomic E-state index is -4.70. The SMILES string of the molecule is Cn1cc(C(=O)Nc2ccc(Cl)c(C(F)(F)F)c2)c(=O)c2cc(F)ccc21. The number of alkyl halides is 3. The second-order valence-electron chi connectivity index (χ2n) is 5.79. The molecular weight excluding hydrogens is 388 g/mol. The fourth-order valence-electron chi connectivity index (χ4n) is 2.65. The van der Waals surface area contributed by atoms with Gasteiger partial charge in [0.1, 0.15) is 11.4 Å². The number of rotatable bonds is 2. The topological polar surface area (TPSA) is 51.1 Å². The molecule has 0 aliphatic rings. The van der Waals surface area contributed by atoms with E-state index in [-0.39, 0.29) is 16.6 Å². The van der Waals surface area contributed by atoms with Crippen molar-refractivity contribution >= 4 is 34.1 Å². The third-order valence-corrected chi connectivity index (χ3v) is 4.25. The van der Waals surface area contributed by atoms with Gasteiger partial charge >= 0.3 is 6.18 Å². The quantitative estimate of drug-likeness (QED) is 0.641. The monoisotopic (exact) mass is 398 g/mol. The number of nitrogens with one attached hydrogen (secondary N) is 1. The Hall–Kier alpha value is -2.87. The van der Waals surface area contributed by atoms with Crippen molar-refractivity contribution < 1.29 is 22.4 Å². The van der Waals surface area contributed by atoms with Gasteiger partial charge in [-0.25, -0.2) is 4.39 Å². The minimum absolute atomic E-state index is 0.0164. The molecule has 0 atom stereocenters. The number of anilines is 1. The first-order valence-corrected chi connectivity index (χ1v) is 7.92. The highest BCUT2D eigenvalue weighted by atomic mass is 35.5. The molecule has 4 nitrogen and oxygen atoms in total. The average molecular weight is 399 g/mol. The first-order valence-electron chi connectivity index (χ1n) is 7.55. The summed E-state index contributed by atoms with van der Waals surface area (Å²) in [6.07, 6.45) is -3.47. The molecule has 0 aliphatic heterocycles. The number of hydrogen-bond donors (Lipinski definition) is 1. The lowest BCUT2D eigenvalue weighted by molar-refractivity contribution is -0.137. The van der Waals surface area contributed by atoms with Crippen LogP contribution in [0.2, 0.25) is 5.02 Å². The van der Waals surface area contributed by atoms with Gasteiger partial charge in [0.2, 0.25) is 5.43 Å². The molecule has 3 rings (SSSR count). The number of halogens is 5. The molecule has 1 heterocycles. The van der Waals surface area contributed by atoms with Gasteiger partial charge in [0.05, 0.1) is 16.1 Å². The third kappa shape index (κ3) is 3.66. The van der Waals surface area contributed by atoms with Crippen LogP contribution in [0.25, 0.3) is 10.9 Å². The molecule has 0 saturated heterocycles. The fraction of sp³-hybridized carbons (Fsp3) is 0.111. The maximum absolute atomic E-state index is 13.5. The molecule has 1 N–H and O–H groups in total. The zero-order valence-electron chi connectivity index (χ0n) is 13.7. The number of aryl methyl sites for hydroxylation is 1. The fourth-order valence-corrected chi connectivity index (χ4v) is 2.87. The van der Waals surface area contributed by atoms with E-state index in [2.05, 4.69) is 5.32 Å². The van der Waals surface area contributed by atoms with Crippen LogP contribution in [-0.4, -0.2) is 10.5 Å². The Morgan fingerprint density at radius 3 is 2.52 bits per heavy atom. The van der Waals surface area contributed by atoms with Crippen LogP contribution in [0.1, 0.15) is 15.9 Å². The van der Waals surface area contributed by atoms with Crippen LogP contribution >= 0.6 is 11.6 Å². The Kier molecular flexibility index (Phi) is 4.69. The third-order valence-electron chi connectivity index (χ3n) is 3.92. The van der Waals surface area contributed by atoms with E-state index < -0.39 is 33.9 Å². The molecular formula is C18H11ClF4N2O2. The summed E-state index contributed by atoms with van der Waals surface area (Å²) in [5, 5.41) is 1.71. The summed E-state index contributed by atoms with van der Waals surface area (Å²) >= 11 is 5.54. The molecule has 2 aromatic carbocycles. The van der Waals surface area contributed by atoms with E-state index in [9.17, 15) is 27.2 Å². The zero-order valence-corrected chi connectivity index (χ0v) is 14.5. The zero-order chi connectivity index (χ0) is 19.9. The molecule has 1 aromatic heterocycles. The number of pyridine rings is 1. The maximum Gasteiger partial charge on any atom is 0.417 e. The standard InChI is InChI=1S/C18H11ClF4N2O2/c1-25-8-12(16(26)11-6-9(20)2-5-15(11)25)17(27)24-10-3-4-14(19)13(7-10)18(21,22)23/h2-8H,1H3,(H,24,27). The van der Waals surface area contributed by atoms with Crippen LogP contribution in [0, 0.1) is 5.82 Å². The number of carbonyl (C=O) groups is 1. The van der Waals surface area contributed by atoms with Crippen molar-refractivity contribution in [1.29, 1.82) is 0 Å². The Balaban J connectivity index is 2.03. The Bertz CT molecular complexity index is 1120. The molecule has 140 valence electrons. The second kappa shape index (κ2) is 6.70. The van der Waals surface area contributed by atoms with E-state index in [1.54, 1.807) is 7.05 Å².